The van der Waals surface area contributed by atoms with E-state index in [1.165, 1.54) is 5.57 Å². The molecule has 2 heterocycles. The third kappa shape index (κ3) is 1.57. The summed E-state index contributed by atoms with van der Waals surface area (Å²) in [6.45, 7) is 6.94. The van der Waals surface area contributed by atoms with Gasteiger partial charge in [-0.2, -0.15) is 0 Å². The van der Waals surface area contributed by atoms with Gasteiger partial charge in [-0.25, -0.2) is 0 Å². The predicted molar refractivity (Wildman–Crippen MR) is 53.9 cm³/mol. The van der Waals surface area contributed by atoms with E-state index in [-0.39, 0.29) is 11.3 Å². The van der Waals surface area contributed by atoms with Gasteiger partial charge in [-0.05, 0) is 20.3 Å². The Bertz CT molecular complexity index is 279. The number of nitrogens with zero attached hydrogens (tertiary/aromatic N) is 1. The predicted octanol–water partition coefficient (Wildman–Crippen LogP) is 1.20. The summed E-state index contributed by atoms with van der Waals surface area (Å²) in [5.74, 6) is 0.257. The standard InChI is InChI=1S/C11H17NO2/c1-9-3-5-12(6-4-9)10(13)11(2)7-14-8-11/h3H,4-8H2,1-2H3. The minimum Gasteiger partial charge on any atom is -0.379 e. The molecule has 78 valence electrons. The van der Waals surface area contributed by atoms with Crippen molar-refractivity contribution in [3.05, 3.63) is 11.6 Å². The summed E-state index contributed by atoms with van der Waals surface area (Å²) in [7, 11) is 0. The summed E-state index contributed by atoms with van der Waals surface area (Å²) in [4.78, 5) is 14.0. The van der Waals surface area contributed by atoms with Gasteiger partial charge in [0.05, 0.1) is 18.6 Å². The van der Waals surface area contributed by atoms with Gasteiger partial charge in [0, 0.05) is 13.1 Å². The molecule has 0 radical (unpaired) electrons. The van der Waals surface area contributed by atoms with Crippen molar-refractivity contribution in [3.63, 3.8) is 0 Å². The molecule has 3 nitrogen and oxygen atoms in total. The zero-order valence-electron chi connectivity index (χ0n) is 8.88. The van der Waals surface area contributed by atoms with Gasteiger partial charge in [0.1, 0.15) is 0 Å². The Morgan fingerprint density at radius 1 is 1.57 bits per heavy atom. The summed E-state index contributed by atoms with van der Waals surface area (Å²) >= 11 is 0. The van der Waals surface area contributed by atoms with E-state index in [0.29, 0.717) is 13.2 Å². The van der Waals surface area contributed by atoms with E-state index >= 15 is 0 Å². The van der Waals surface area contributed by atoms with E-state index in [1.807, 2.05) is 11.8 Å². The molecule has 0 aromatic rings. The first-order chi connectivity index (χ1) is 6.62. The zero-order valence-corrected chi connectivity index (χ0v) is 8.88. The fourth-order valence-electron chi connectivity index (χ4n) is 1.87. The highest BCUT2D eigenvalue weighted by molar-refractivity contribution is 5.83. The van der Waals surface area contributed by atoms with Crippen molar-refractivity contribution >= 4 is 5.91 Å². The maximum atomic E-state index is 12.0. The third-order valence-corrected chi connectivity index (χ3v) is 3.08. The SMILES string of the molecule is CC1=CCN(C(=O)C2(C)COC2)CC1. The second kappa shape index (κ2) is 3.39. The number of carbonyl (C=O) groups is 1. The minimum absolute atomic E-state index is 0.237. The summed E-state index contributed by atoms with van der Waals surface area (Å²) in [5.41, 5.74) is 1.16. The topological polar surface area (TPSA) is 29.5 Å². The van der Waals surface area contributed by atoms with Gasteiger partial charge < -0.3 is 9.64 Å². The molecule has 0 aliphatic carbocycles. The summed E-state index contributed by atoms with van der Waals surface area (Å²) < 4.78 is 5.11. The van der Waals surface area contributed by atoms with Crippen molar-refractivity contribution < 1.29 is 9.53 Å². The number of hydrogen-bond donors (Lipinski definition) is 0. The first-order valence-electron chi connectivity index (χ1n) is 5.15. The highest BCUT2D eigenvalue weighted by atomic mass is 16.5. The molecule has 1 saturated heterocycles. The summed E-state index contributed by atoms with van der Waals surface area (Å²) in [5, 5.41) is 0. The number of ether oxygens (including phenoxy) is 1. The Hall–Kier alpha value is -0.830. The Kier molecular flexibility index (Phi) is 2.35. The molecular formula is C11H17NO2. The fourth-order valence-corrected chi connectivity index (χ4v) is 1.87. The molecule has 0 saturated carbocycles. The monoisotopic (exact) mass is 195 g/mol. The molecule has 0 atom stereocenters. The van der Waals surface area contributed by atoms with Crippen molar-refractivity contribution in [1.29, 1.82) is 0 Å². The van der Waals surface area contributed by atoms with Crippen LogP contribution in [0.15, 0.2) is 11.6 Å². The van der Waals surface area contributed by atoms with Crippen LogP contribution in [0.4, 0.5) is 0 Å². The van der Waals surface area contributed by atoms with E-state index in [4.69, 9.17) is 4.74 Å². The Balaban J connectivity index is 1.99. The van der Waals surface area contributed by atoms with Crippen molar-refractivity contribution in [1.82, 2.24) is 4.90 Å². The Labute approximate surface area is 84.7 Å². The molecule has 2 aliphatic rings. The van der Waals surface area contributed by atoms with Gasteiger partial charge in [-0.15, -0.1) is 0 Å². The highest BCUT2D eigenvalue weighted by Crippen LogP contribution is 2.29. The number of amides is 1. The van der Waals surface area contributed by atoms with E-state index in [2.05, 4.69) is 13.0 Å². The lowest BCUT2D eigenvalue weighted by atomic mass is 9.86. The normalized spacial score (nSPS) is 25.3. The van der Waals surface area contributed by atoms with Gasteiger partial charge in [-0.1, -0.05) is 11.6 Å². The molecule has 0 bridgehead atoms. The van der Waals surface area contributed by atoms with Crippen molar-refractivity contribution in [3.8, 4) is 0 Å². The van der Waals surface area contributed by atoms with Crippen LogP contribution in [0.25, 0.3) is 0 Å². The number of carbonyl (C=O) groups excluding carboxylic acids is 1. The van der Waals surface area contributed by atoms with Crippen LogP contribution in [-0.4, -0.2) is 37.1 Å². The largest absolute Gasteiger partial charge is 0.379 e. The number of hydrogen-bond acceptors (Lipinski definition) is 2. The lowest BCUT2D eigenvalue weighted by Gasteiger charge is -2.41. The molecule has 0 spiro atoms. The van der Waals surface area contributed by atoms with E-state index in [1.54, 1.807) is 0 Å². The van der Waals surface area contributed by atoms with Crippen LogP contribution >= 0.6 is 0 Å². The second-order valence-corrected chi connectivity index (χ2v) is 4.61. The molecule has 1 fully saturated rings. The van der Waals surface area contributed by atoms with Crippen LogP contribution in [0.2, 0.25) is 0 Å². The Morgan fingerprint density at radius 2 is 2.29 bits per heavy atom. The zero-order chi connectivity index (χ0) is 10.2. The van der Waals surface area contributed by atoms with Crippen LogP contribution in [-0.2, 0) is 9.53 Å². The smallest absolute Gasteiger partial charge is 0.233 e. The van der Waals surface area contributed by atoms with E-state index in [9.17, 15) is 4.79 Å². The van der Waals surface area contributed by atoms with Crippen LogP contribution in [0.5, 0.6) is 0 Å². The van der Waals surface area contributed by atoms with Gasteiger partial charge in [0.2, 0.25) is 5.91 Å². The highest BCUT2D eigenvalue weighted by Gasteiger charge is 2.43. The molecule has 0 aromatic heterocycles. The molecular weight excluding hydrogens is 178 g/mol. The maximum absolute atomic E-state index is 12.0. The quantitative estimate of drug-likeness (QED) is 0.588. The van der Waals surface area contributed by atoms with Crippen LogP contribution in [0.3, 0.4) is 0 Å². The van der Waals surface area contributed by atoms with Crippen molar-refractivity contribution in [2.75, 3.05) is 26.3 Å². The summed E-state index contributed by atoms with van der Waals surface area (Å²) in [6, 6.07) is 0. The molecule has 14 heavy (non-hydrogen) atoms. The van der Waals surface area contributed by atoms with E-state index < -0.39 is 0 Å². The minimum atomic E-state index is -0.237. The molecule has 0 aromatic carbocycles. The molecule has 2 rings (SSSR count). The fraction of sp³-hybridized carbons (Fsp3) is 0.727. The average molecular weight is 195 g/mol. The maximum Gasteiger partial charge on any atom is 0.233 e. The van der Waals surface area contributed by atoms with Gasteiger partial charge in [0.25, 0.3) is 0 Å². The van der Waals surface area contributed by atoms with Gasteiger partial charge in [0.15, 0.2) is 0 Å². The van der Waals surface area contributed by atoms with Crippen LogP contribution in [0, 0.1) is 5.41 Å². The van der Waals surface area contributed by atoms with Crippen molar-refractivity contribution in [2.24, 2.45) is 5.41 Å². The molecule has 1 amide bonds. The van der Waals surface area contributed by atoms with Crippen LogP contribution < -0.4 is 0 Å². The van der Waals surface area contributed by atoms with Gasteiger partial charge in [-0.3, -0.25) is 4.79 Å². The molecule has 0 unspecified atom stereocenters. The lowest BCUT2D eigenvalue weighted by Crippen LogP contribution is -2.54. The molecule has 3 heteroatoms. The molecule has 0 N–H and O–H groups in total. The van der Waals surface area contributed by atoms with Gasteiger partial charge >= 0.3 is 0 Å². The van der Waals surface area contributed by atoms with Crippen LogP contribution in [0.1, 0.15) is 20.3 Å². The average Bonchev–Trinajstić information content (AvgIpc) is 2.14. The Morgan fingerprint density at radius 3 is 2.71 bits per heavy atom. The third-order valence-electron chi connectivity index (χ3n) is 3.08. The van der Waals surface area contributed by atoms with Crippen molar-refractivity contribution in [2.45, 2.75) is 20.3 Å². The number of rotatable bonds is 1. The lowest BCUT2D eigenvalue weighted by molar-refractivity contribution is -0.168. The second-order valence-electron chi connectivity index (χ2n) is 4.61. The van der Waals surface area contributed by atoms with E-state index in [0.717, 1.165) is 19.5 Å². The molecule has 2 aliphatic heterocycles. The first-order valence-corrected chi connectivity index (χ1v) is 5.15. The first kappa shape index (κ1) is 9.71. The summed E-state index contributed by atoms with van der Waals surface area (Å²) in [6.07, 6.45) is 3.16.